The van der Waals surface area contributed by atoms with Gasteiger partial charge in [-0.05, 0) is 37.3 Å². The van der Waals surface area contributed by atoms with Gasteiger partial charge in [0.1, 0.15) is 0 Å². The quantitative estimate of drug-likeness (QED) is 0.279. The summed E-state index contributed by atoms with van der Waals surface area (Å²) in [5.74, 6) is 0.672. The van der Waals surface area contributed by atoms with Crippen molar-refractivity contribution in [1.82, 2.24) is 9.47 Å². The predicted molar refractivity (Wildman–Crippen MR) is 125 cm³/mol. The molecule has 1 fully saturated rings. The lowest BCUT2D eigenvalue weighted by atomic mass is 10.0. The molecule has 162 valence electrons. The molecule has 2 aromatic carbocycles. The average molecular weight is 438 g/mol. The first kappa shape index (κ1) is 21.4. The molecular weight excluding hydrogens is 410 g/mol. The Balaban J connectivity index is 1.51. The minimum absolute atomic E-state index is 0.0963. The van der Waals surface area contributed by atoms with Crippen LogP contribution < -0.4 is 0 Å². The number of thioether (sulfide) groups is 1. The van der Waals surface area contributed by atoms with Crippen LogP contribution in [0.4, 0.5) is 5.69 Å². The number of para-hydroxylation sites is 1. The largest absolute Gasteiger partial charge is 0.342 e. The monoisotopic (exact) mass is 437 g/mol. The Morgan fingerprint density at radius 1 is 1.16 bits per heavy atom. The minimum Gasteiger partial charge on any atom is -0.342 e. The molecular formula is C24H27N3O3S. The number of non-ortho nitro benzene ring substituents is 1. The molecule has 0 spiro atoms. The molecule has 31 heavy (non-hydrogen) atoms. The topological polar surface area (TPSA) is 68.4 Å². The van der Waals surface area contributed by atoms with Gasteiger partial charge in [-0.2, -0.15) is 0 Å². The summed E-state index contributed by atoms with van der Waals surface area (Å²) in [5, 5.41) is 12.0. The van der Waals surface area contributed by atoms with Crippen molar-refractivity contribution in [1.29, 1.82) is 0 Å². The van der Waals surface area contributed by atoms with Crippen LogP contribution in [0.2, 0.25) is 0 Å². The first-order valence-electron chi connectivity index (χ1n) is 10.8. The molecule has 3 aromatic rings. The van der Waals surface area contributed by atoms with E-state index in [0.717, 1.165) is 47.2 Å². The number of benzene rings is 2. The van der Waals surface area contributed by atoms with Crippen LogP contribution in [-0.4, -0.2) is 38.6 Å². The van der Waals surface area contributed by atoms with Crippen molar-refractivity contribution >= 4 is 34.3 Å². The van der Waals surface area contributed by atoms with Crippen LogP contribution in [0, 0.1) is 10.1 Å². The average Bonchev–Trinajstić information content (AvgIpc) is 3.15. The van der Waals surface area contributed by atoms with Crippen molar-refractivity contribution in [3.05, 3.63) is 70.4 Å². The van der Waals surface area contributed by atoms with Crippen LogP contribution in [-0.2, 0) is 11.3 Å². The number of fused-ring (bicyclic) bond motifs is 1. The Bertz CT molecular complexity index is 1080. The van der Waals surface area contributed by atoms with Crippen LogP contribution in [0.25, 0.3) is 10.9 Å². The molecule has 1 saturated heterocycles. The number of hydrogen-bond acceptors (Lipinski definition) is 4. The molecule has 1 aromatic heterocycles. The van der Waals surface area contributed by atoms with Gasteiger partial charge in [0.25, 0.3) is 5.69 Å². The lowest BCUT2D eigenvalue weighted by Crippen LogP contribution is -2.44. The molecule has 7 heteroatoms. The predicted octanol–water partition coefficient (Wildman–Crippen LogP) is 5.48. The molecule has 1 atom stereocenters. The van der Waals surface area contributed by atoms with Gasteiger partial charge < -0.3 is 9.47 Å². The maximum absolute atomic E-state index is 12.9. The van der Waals surface area contributed by atoms with E-state index in [0.29, 0.717) is 18.3 Å². The van der Waals surface area contributed by atoms with E-state index in [1.165, 1.54) is 18.6 Å². The maximum Gasteiger partial charge on any atom is 0.269 e. The van der Waals surface area contributed by atoms with E-state index in [-0.39, 0.29) is 16.5 Å². The number of nitro benzene ring substituents is 1. The number of likely N-dealkylation sites (tertiary alicyclic amines) is 1. The van der Waals surface area contributed by atoms with Crippen LogP contribution in [0.1, 0.15) is 38.2 Å². The van der Waals surface area contributed by atoms with Crippen molar-refractivity contribution in [3.8, 4) is 0 Å². The van der Waals surface area contributed by atoms with Gasteiger partial charge in [-0.1, -0.05) is 37.3 Å². The summed E-state index contributed by atoms with van der Waals surface area (Å²) in [6.07, 6.45) is 6.54. The van der Waals surface area contributed by atoms with Gasteiger partial charge in [-0.25, -0.2) is 0 Å². The molecule has 0 saturated carbocycles. The van der Waals surface area contributed by atoms with Crippen molar-refractivity contribution in [2.45, 2.75) is 50.1 Å². The van der Waals surface area contributed by atoms with Gasteiger partial charge in [0, 0.05) is 53.3 Å². The van der Waals surface area contributed by atoms with E-state index in [9.17, 15) is 14.9 Å². The number of piperidine rings is 1. The number of amides is 1. The Hall–Kier alpha value is -2.80. The van der Waals surface area contributed by atoms with E-state index in [1.54, 1.807) is 23.9 Å². The van der Waals surface area contributed by atoms with Crippen LogP contribution in [0.3, 0.4) is 0 Å². The van der Waals surface area contributed by atoms with Gasteiger partial charge in [0.15, 0.2) is 0 Å². The number of hydrogen-bond donors (Lipinski definition) is 0. The third-order valence-corrected chi connectivity index (χ3v) is 7.05. The molecule has 4 rings (SSSR count). The van der Waals surface area contributed by atoms with Crippen molar-refractivity contribution in [2.75, 3.05) is 12.3 Å². The molecule has 1 aliphatic heterocycles. The zero-order valence-corrected chi connectivity index (χ0v) is 18.5. The Kier molecular flexibility index (Phi) is 6.61. The van der Waals surface area contributed by atoms with Gasteiger partial charge >= 0.3 is 0 Å². The van der Waals surface area contributed by atoms with Crippen LogP contribution in [0.5, 0.6) is 0 Å². The summed E-state index contributed by atoms with van der Waals surface area (Å²) >= 11 is 1.60. The fraction of sp³-hybridized carbons (Fsp3) is 0.375. The minimum atomic E-state index is -0.383. The highest BCUT2D eigenvalue weighted by atomic mass is 32.2. The second-order valence-corrected chi connectivity index (χ2v) is 9.01. The highest BCUT2D eigenvalue weighted by molar-refractivity contribution is 8.00. The Labute approximate surface area is 186 Å². The first-order chi connectivity index (χ1) is 15.1. The lowest BCUT2D eigenvalue weighted by molar-refractivity contribution is -0.384. The fourth-order valence-corrected chi connectivity index (χ4v) is 5.33. The number of nitrogens with zero attached hydrogens (tertiary/aromatic N) is 3. The second kappa shape index (κ2) is 9.56. The summed E-state index contributed by atoms with van der Waals surface area (Å²) in [7, 11) is 0. The summed E-state index contributed by atoms with van der Waals surface area (Å²) in [6, 6.07) is 15.2. The van der Waals surface area contributed by atoms with E-state index < -0.39 is 0 Å². The van der Waals surface area contributed by atoms with Crippen LogP contribution in [0.15, 0.2) is 59.6 Å². The van der Waals surface area contributed by atoms with E-state index in [4.69, 9.17) is 0 Å². The zero-order chi connectivity index (χ0) is 21.8. The second-order valence-electron chi connectivity index (χ2n) is 8.00. The van der Waals surface area contributed by atoms with Gasteiger partial charge in [-0.15, -0.1) is 11.8 Å². The van der Waals surface area contributed by atoms with E-state index in [1.807, 2.05) is 12.1 Å². The molecule has 0 aliphatic carbocycles. The van der Waals surface area contributed by atoms with E-state index in [2.05, 4.69) is 34.7 Å². The number of rotatable bonds is 7. The number of carbonyl (C=O) groups excluding carboxylic acids is 1. The molecule has 2 heterocycles. The van der Waals surface area contributed by atoms with Crippen molar-refractivity contribution in [2.24, 2.45) is 0 Å². The number of carbonyl (C=O) groups is 1. The normalized spacial score (nSPS) is 16.5. The molecule has 1 amide bonds. The van der Waals surface area contributed by atoms with E-state index >= 15 is 0 Å². The summed E-state index contributed by atoms with van der Waals surface area (Å²) < 4.78 is 2.15. The molecule has 6 nitrogen and oxygen atoms in total. The van der Waals surface area contributed by atoms with Gasteiger partial charge in [-0.3, -0.25) is 14.9 Å². The summed E-state index contributed by atoms with van der Waals surface area (Å²) in [6.45, 7) is 3.66. The molecule has 0 radical (unpaired) electrons. The highest BCUT2D eigenvalue weighted by Crippen LogP contribution is 2.31. The van der Waals surface area contributed by atoms with Crippen LogP contribution >= 0.6 is 11.8 Å². The Morgan fingerprint density at radius 3 is 2.68 bits per heavy atom. The summed E-state index contributed by atoms with van der Waals surface area (Å²) in [5.41, 5.74) is 2.19. The maximum atomic E-state index is 12.9. The Morgan fingerprint density at radius 2 is 1.94 bits per heavy atom. The fourth-order valence-electron chi connectivity index (χ4n) is 4.35. The van der Waals surface area contributed by atoms with Gasteiger partial charge in [0.2, 0.25) is 5.91 Å². The number of nitro groups is 1. The lowest BCUT2D eigenvalue weighted by Gasteiger charge is -2.35. The molecule has 1 aliphatic rings. The first-order valence-corrected chi connectivity index (χ1v) is 11.8. The van der Waals surface area contributed by atoms with Crippen molar-refractivity contribution < 1.29 is 9.72 Å². The SMILES string of the molecule is CCC1CCCCN1C(=O)CSc1cn(Cc2ccc([N+](=O)[O-])cc2)c2ccccc12. The standard InChI is InChI=1S/C24H27N3O3S/c1-2-19-7-5-6-14-26(19)24(28)17-31-23-16-25(22-9-4-3-8-21(22)23)15-18-10-12-20(13-11-18)27(29)30/h3-4,8-13,16,19H,2,5-7,14-15,17H2,1H3. The smallest absolute Gasteiger partial charge is 0.269 e. The van der Waals surface area contributed by atoms with Gasteiger partial charge in [0.05, 0.1) is 10.7 Å². The van der Waals surface area contributed by atoms with Crippen molar-refractivity contribution in [3.63, 3.8) is 0 Å². The third-order valence-electron chi connectivity index (χ3n) is 6.02. The summed E-state index contributed by atoms with van der Waals surface area (Å²) in [4.78, 5) is 26.6. The molecule has 0 bridgehead atoms. The zero-order valence-electron chi connectivity index (χ0n) is 17.7. The highest BCUT2D eigenvalue weighted by Gasteiger charge is 2.25. The third kappa shape index (κ3) is 4.77. The molecule has 0 N–H and O–H groups in total. The molecule has 1 unspecified atom stereocenters. The number of aromatic nitrogens is 1.